The molecular weight excluding hydrogens is 346 g/mol. The molecule has 5 heteroatoms. The van der Waals surface area contributed by atoms with E-state index in [2.05, 4.69) is 0 Å². The van der Waals surface area contributed by atoms with Crippen LogP contribution >= 0.6 is 0 Å². The van der Waals surface area contributed by atoms with E-state index < -0.39 is 10.0 Å². The second kappa shape index (κ2) is 7.22. The number of hydrogen-bond donors (Lipinski definition) is 0. The molecule has 0 aliphatic rings. The molecule has 0 heterocycles. The Labute approximate surface area is 154 Å². The highest BCUT2D eigenvalue weighted by atomic mass is 32.2. The third kappa shape index (κ3) is 3.58. The molecule has 3 rings (SSSR count). The Morgan fingerprint density at radius 3 is 1.50 bits per heavy atom. The Bertz CT molecular complexity index is 931. The first-order chi connectivity index (χ1) is 12.4. The van der Waals surface area contributed by atoms with Gasteiger partial charge in [-0.15, -0.1) is 0 Å². The van der Waals surface area contributed by atoms with Gasteiger partial charge in [0.15, 0.2) is 0 Å². The second-order valence-corrected chi connectivity index (χ2v) is 7.90. The minimum Gasteiger partial charge on any atom is -0.497 e. The van der Waals surface area contributed by atoms with Crippen LogP contribution in [0.1, 0.15) is 11.1 Å². The SMILES string of the molecule is COc1ccc(S(=O)(=O)N(c2ccc(C)cc2)c2ccc(C)cc2)cc1. The van der Waals surface area contributed by atoms with Crippen molar-refractivity contribution in [1.82, 2.24) is 0 Å². The third-order valence-electron chi connectivity index (χ3n) is 4.13. The van der Waals surface area contributed by atoms with Crippen molar-refractivity contribution >= 4 is 21.4 Å². The molecular formula is C21H21NO3S. The number of rotatable bonds is 5. The van der Waals surface area contributed by atoms with Crippen molar-refractivity contribution in [3.63, 3.8) is 0 Å². The molecule has 0 radical (unpaired) electrons. The zero-order valence-corrected chi connectivity index (χ0v) is 15.8. The summed E-state index contributed by atoms with van der Waals surface area (Å²) in [7, 11) is -2.23. The molecule has 0 unspecified atom stereocenters. The second-order valence-electron chi connectivity index (χ2n) is 6.12. The zero-order valence-electron chi connectivity index (χ0n) is 15.0. The largest absolute Gasteiger partial charge is 0.497 e. The van der Waals surface area contributed by atoms with Crippen molar-refractivity contribution in [2.24, 2.45) is 0 Å². The van der Waals surface area contributed by atoms with Gasteiger partial charge in [0.1, 0.15) is 5.75 Å². The summed E-state index contributed by atoms with van der Waals surface area (Å²) in [4.78, 5) is 0.208. The summed E-state index contributed by atoms with van der Waals surface area (Å²) in [5, 5.41) is 0. The molecule has 0 aliphatic carbocycles. The van der Waals surface area contributed by atoms with Crippen LogP contribution in [0.5, 0.6) is 5.75 Å². The predicted octanol–water partition coefficient (Wildman–Crippen LogP) is 4.84. The average molecular weight is 367 g/mol. The van der Waals surface area contributed by atoms with Gasteiger partial charge in [0.05, 0.1) is 23.4 Å². The van der Waals surface area contributed by atoms with Crippen molar-refractivity contribution in [2.75, 3.05) is 11.4 Å². The molecule has 0 aromatic heterocycles. The van der Waals surface area contributed by atoms with Gasteiger partial charge in [-0.25, -0.2) is 12.7 Å². The van der Waals surface area contributed by atoms with Gasteiger partial charge >= 0.3 is 0 Å². The Balaban J connectivity index is 2.15. The highest BCUT2D eigenvalue weighted by Crippen LogP contribution is 2.33. The van der Waals surface area contributed by atoms with Crippen LogP contribution in [-0.4, -0.2) is 15.5 Å². The Morgan fingerprint density at radius 1 is 0.692 bits per heavy atom. The Hall–Kier alpha value is -2.79. The van der Waals surface area contributed by atoms with Crippen molar-refractivity contribution < 1.29 is 13.2 Å². The lowest BCUT2D eigenvalue weighted by Gasteiger charge is -2.25. The van der Waals surface area contributed by atoms with Crippen molar-refractivity contribution in [3.8, 4) is 5.75 Å². The number of hydrogen-bond acceptors (Lipinski definition) is 3. The molecule has 134 valence electrons. The van der Waals surface area contributed by atoms with Gasteiger partial charge in [-0.3, -0.25) is 0 Å². The molecule has 0 fully saturated rings. The van der Waals surface area contributed by atoms with E-state index >= 15 is 0 Å². The first kappa shape index (κ1) is 18.0. The predicted molar refractivity (Wildman–Crippen MR) is 105 cm³/mol. The first-order valence-electron chi connectivity index (χ1n) is 8.24. The van der Waals surface area contributed by atoms with E-state index in [1.54, 1.807) is 31.4 Å². The number of benzene rings is 3. The van der Waals surface area contributed by atoms with Crippen LogP contribution in [0.2, 0.25) is 0 Å². The lowest BCUT2D eigenvalue weighted by molar-refractivity contribution is 0.414. The topological polar surface area (TPSA) is 46.6 Å². The summed E-state index contributed by atoms with van der Waals surface area (Å²) in [6.07, 6.45) is 0. The zero-order chi connectivity index (χ0) is 18.7. The maximum Gasteiger partial charge on any atom is 0.268 e. The van der Waals surface area contributed by atoms with Crippen LogP contribution in [0.15, 0.2) is 77.7 Å². The van der Waals surface area contributed by atoms with Crippen molar-refractivity contribution in [2.45, 2.75) is 18.7 Å². The maximum absolute atomic E-state index is 13.4. The molecule has 0 atom stereocenters. The molecule has 4 nitrogen and oxygen atoms in total. The number of sulfonamides is 1. The molecule has 0 N–H and O–H groups in total. The minimum atomic E-state index is -3.78. The molecule has 3 aromatic carbocycles. The molecule has 0 spiro atoms. The van der Waals surface area contributed by atoms with E-state index in [1.807, 2.05) is 62.4 Å². The highest BCUT2D eigenvalue weighted by Gasteiger charge is 2.26. The normalized spacial score (nSPS) is 11.2. The number of ether oxygens (including phenoxy) is 1. The van der Waals surface area contributed by atoms with Gasteiger partial charge in [0.2, 0.25) is 0 Å². The highest BCUT2D eigenvalue weighted by molar-refractivity contribution is 7.93. The number of anilines is 2. The van der Waals surface area contributed by atoms with Crippen LogP contribution in [0.25, 0.3) is 0 Å². The van der Waals surface area contributed by atoms with Gasteiger partial charge in [0, 0.05) is 0 Å². The van der Waals surface area contributed by atoms with Gasteiger partial charge in [-0.05, 0) is 62.4 Å². The van der Waals surface area contributed by atoms with E-state index in [9.17, 15) is 8.42 Å². The fourth-order valence-electron chi connectivity index (χ4n) is 2.64. The van der Waals surface area contributed by atoms with E-state index in [4.69, 9.17) is 4.74 Å². The van der Waals surface area contributed by atoms with Crippen LogP contribution in [-0.2, 0) is 10.0 Å². The molecule has 0 bridgehead atoms. The van der Waals surface area contributed by atoms with Crippen LogP contribution in [0.4, 0.5) is 11.4 Å². The summed E-state index contributed by atoms with van der Waals surface area (Å²) in [5.41, 5.74) is 3.32. The fourth-order valence-corrected chi connectivity index (χ4v) is 4.13. The number of nitrogens with zero attached hydrogens (tertiary/aromatic N) is 1. The number of aryl methyl sites for hydroxylation is 2. The molecule has 0 amide bonds. The van der Waals surface area contributed by atoms with E-state index in [0.29, 0.717) is 17.1 Å². The molecule has 26 heavy (non-hydrogen) atoms. The van der Waals surface area contributed by atoms with E-state index in [0.717, 1.165) is 11.1 Å². The maximum atomic E-state index is 13.4. The third-order valence-corrected chi connectivity index (χ3v) is 5.90. The standard InChI is InChI=1S/C21H21NO3S/c1-16-4-8-18(9-5-16)22(19-10-6-17(2)7-11-19)26(23,24)21-14-12-20(25-3)13-15-21/h4-15H,1-3H3. The Kier molecular flexibility index (Phi) is 5.00. The fraction of sp³-hybridized carbons (Fsp3) is 0.143. The lowest BCUT2D eigenvalue weighted by atomic mass is 10.2. The minimum absolute atomic E-state index is 0.208. The lowest BCUT2D eigenvalue weighted by Crippen LogP contribution is -2.26. The summed E-state index contributed by atoms with van der Waals surface area (Å²) >= 11 is 0. The molecule has 0 saturated carbocycles. The summed E-state index contributed by atoms with van der Waals surface area (Å²) in [5.74, 6) is 0.612. The number of methoxy groups -OCH3 is 1. The summed E-state index contributed by atoms with van der Waals surface area (Å²) in [6, 6.07) is 21.3. The van der Waals surface area contributed by atoms with Crippen molar-refractivity contribution in [1.29, 1.82) is 0 Å². The summed E-state index contributed by atoms with van der Waals surface area (Å²) < 4.78 is 33.3. The van der Waals surface area contributed by atoms with Crippen LogP contribution < -0.4 is 9.04 Å². The summed E-state index contributed by atoms with van der Waals surface area (Å²) in [6.45, 7) is 3.94. The van der Waals surface area contributed by atoms with Crippen LogP contribution in [0.3, 0.4) is 0 Å². The molecule has 3 aromatic rings. The van der Waals surface area contributed by atoms with Gasteiger partial charge in [-0.1, -0.05) is 35.4 Å². The Morgan fingerprint density at radius 2 is 1.12 bits per heavy atom. The molecule has 0 aliphatic heterocycles. The monoisotopic (exact) mass is 367 g/mol. The van der Waals surface area contributed by atoms with E-state index in [-0.39, 0.29) is 4.90 Å². The van der Waals surface area contributed by atoms with Crippen molar-refractivity contribution in [3.05, 3.63) is 83.9 Å². The van der Waals surface area contributed by atoms with Gasteiger partial charge in [0.25, 0.3) is 10.0 Å². The average Bonchev–Trinajstić information content (AvgIpc) is 2.65. The van der Waals surface area contributed by atoms with E-state index in [1.165, 1.54) is 4.31 Å². The quantitative estimate of drug-likeness (QED) is 0.648. The van der Waals surface area contributed by atoms with Gasteiger partial charge < -0.3 is 4.74 Å². The first-order valence-corrected chi connectivity index (χ1v) is 9.68. The van der Waals surface area contributed by atoms with Gasteiger partial charge in [-0.2, -0.15) is 0 Å². The molecule has 0 saturated heterocycles. The smallest absolute Gasteiger partial charge is 0.268 e. The van der Waals surface area contributed by atoms with Crippen LogP contribution in [0, 0.1) is 13.8 Å².